The summed E-state index contributed by atoms with van der Waals surface area (Å²) in [5, 5.41) is 5.29. The van der Waals surface area contributed by atoms with Crippen LogP contribution in [0, 0.1) is 0 Å². The predicted octanol–water partition coefficient (Wildman–Crippen LogP) is 4.08. The lowest BCUT2D eigenvalue weighted by molar-refractivity contribution is -0.142. The highest BCUT2D eigenvalue weighted by molar-refractivity contribution is 6.08. The van der Waals surface area contributed by atoms with Crippen LogP contribution >= 0.6 is 0 Å². The van der Waals surface area contributed by atoms with Crippen molar-refractivity contribution in [2.45, 2.75) is 24.8 Å². The van der Waals surface area contributed by atoms with E-state index in [-0.39, 0.29) is 0 Å². The van der Waals surface area contributed by atoms with Crippen molar-refractivity contribution in [2.24, 2.45) is 0 Å². The van der Waals surface area contributed by atoms with E-state index in [2.05, 4.69) is 59.5 Å². The summed E-state index contributed by atoms with van der Waals surface area (Å²) >= 11 is 0. The molecule has 1 amide bonds. The zero-order chi connectivity index (χ0) is 14.7. The highest BCUT2D eigenvalue weighted by Gasteiger charge is 2.44. The third-order valence-corrected chi connectivity index (χ3v) is 5.41. The molecule has 5 rings (SSSR count). The third kappa shape index (κ3) is 1.58. The Morgan fingerprint density at radius 3 is 2.59 bits per heavy atom. The molecule has 0 N–H and O–H groups in total. The molecule has 2 nitrogen and oxygen atoms in total. The van der Waals surface area contributed by atoms with E-state index >= 15 is 0 Å². The van der Waals surface area contributed by atoms with Crippen molar-refractivity contribution in [3.63, 3.8) is 0 Å². The molecule has 2 heteroatoms. The molecule has 2 atom stereocenters. The van der Waals surface area contributed by atoms with Gasteiger partial charge in [0.15, 0.2) is 0 Å². The van der Waals surface area contributed by atoms with Crippen molar-refractivity contribution in [2.75, 3.05) is 6.54 Å². The van der Waals surface area contributed by atoms with Crippen molar-refractivity contribution in [1.29, 1.82) is 0 Å². The van der Waals surface area contributed by atoms with Crippen LogP contribution in [0.2, 0.25) is 0 Å². The van der Waals surface area contributed by atoms with E-state index in [0.29, 0.717) is 17.9 Å². The fourth-order valence-corrected chi connectivity index (χ4v) is 4.27. The van der Waals surface area contributed by atoms with Crippen LogP contribution in [0.3, 0.4) is 0 Å². The van der Waals surface area contributed by atoms with Gasteiger partial charge < -0.3 is 4.90 Å². The highest BCUT2D eigenvalue weighted by Crippen LogP contribution is 2.41. The van der Waals surface area contributed by atoms with Gasteiger partial charge in [0, 0.05) is 24.9 Å². The molecule has 2 aliphatic rings. The third-order valence-electron chi connectivity index (χ3n) is 5.41. The Morgan fingerprint density at radius 1 is 0.864 bits per heavy atom. The SMILES string of the molecule is O=C1C[C@H]2CC(c3cccc4c3ccc3ccccc34)CN12. The Bertz CT molecular complexity index is 914. The van der Waals surface area contributed by atoms with Gasteiger partial charge in [0.1, 0.15) is 0 Å². The first-order valence-electron chi connectivity index (χ1n) is 8.01. The molecule has 0 saturated carbocycles. The van der Waals surface area contributed by atoms with Crippen LogP contribution in [-0.4, -0.2) is 23.4 Å². The van der Waals surface area contributed by atoms with Crippen LogP contribution in [-0.2, 0) is 4.79 Å². The number of benzene rings is 3. The van der Waals surface area contributed by atoms with Crippen LogP contribution in [0.25, 0.3) is 21.5 Å². The van der Waals surface area contributed by atoms with Crippen molar-refractivity contribution in [1.82, 2.24) is 4.90 Å². The molecule has 2 fully saturated rings. The van der Waals surface area contributed by atoms with Crippen LogP contribution in [0.15, 0.2) is 54.6 Å². The maximum atomic E-state index is 11.7. The minimum Gasteiger partial charge on any atom is -0.338 e. The molecule has 108 valence electrons. The van der Waals surface area contributed by atoms with Gasteiger partial charge >= 0.3 is 0 Å². The second kappa shape index (κ2) is 4.33. The Morgan fingerprint density at radius 2 is 1.73 bits per heavy atom. The lowest BCUT2D eigenvalue weighted by Crippen LogP contribution is -2.47. The molecule has 22 heavy (non-hydrogen) atoms. The van der Waals surface area contributed by atoms with Gasteiger partial charge in [0.25, 0.3) is 0 Å². The highest BCUT2D eigenvalue weighted by atomic mass is 16.2. The molecule has 3 aromatic rings. The summed E-state index contributed by atoms with van der Waals surface area (Å²) in [4.78, 5) is 13.7. The maximum Gasteiger partial charge on any atom is 0.224 e. The number of fused-ring (bicyclic) bond motifs is 4. The standard InChI is InChI=1S/C20H17NO/c22-20-11-15-10-14(12-21(15)20)17-6-3-7-18-16-5-2-1-4-13(16)8-9-19(17)18/h1-9,14-15H,10-12H2/t14?,15-/m1/s1. The molecular formula is C20H17NO. The van der Waals surface area contributed by atoms with Gasteiger partial charge in [-0.2, -0.15) is 0 Å². The zero-order valence-electron chi connectivity index (χ0n) is 12.3. The van der Waals surface area contributed by atoms with Crippen molar-refractivity contribution >= 4 is 27.5 Å². The van der Waals surface area contributed by atoms with Gasteiger partial charge in [0.05, 0.1) is 0 Å². The second-order valence-electron chi connectivity index (χ2n) is 6.57. The fourth-order valence-electron chi connectivity index (χ4n) is 4.27. The zero-order valence-corrected chi connectivity index (χ0v) is 12.3. The molecule has 0 aliphatic carbocycles. The van der Waals surface area contributed by atoms with E-state index in [9.17, 15) is 4.79 Å². The number of carbonyl (C=O) groups excluding carboxylic acids is 1. The second-order valence-corrected chi connectivity index (χ2v) is 6.57. The van der Waals surface area contributed by atoms with E-state index in [0.717, 1.165) is 19.4 Å². The van der Waals surface area contributed by atoms with Crippen molar-refractivity contribution < 1.29 is 4.79 Å². The summed E-state index contributed by atoms with van der Waals surface area (Å²) < 4.78 is 0. The fraction of sp³-hybridized carbons (Fsp3) is 0.250. The summed E-state index contributed by atoms with van der Waals surface area (Å²) in [5.41, 5.74) is 1.41. The number of rotatable bonds is 1. The minimum absolute atomic E-state index is 0.332. The van der Waals surface area contributed by atoms with Crippen LogP contribution < -0.4 is 0 Å². The van der Waals surface area contributed by atoms with E-state index < -0.39 is 0 Å². The summed E-state index contributed by atoms with van der Waals surface area (Å²) in [5.74, 6) is 0.819. The summed E-state index contributed by atoms with van der Waals surface area (Å²) in [6, 6.07) is 20.2. The molecule has 2 heterocycles. The number of amides is 1. The molecule has 0 aromatic heterocycles. The largest absolute Gasteiger partial charge is 0.338 e. The summed E-state index contributed by atoms with van der Waals surface area (Å²) in [6.07, 6.45) is 1.88. The average Bonchev–Trinajstić information content (AvgIpc) is 2.91. The van der Waals surface area contributed by atoms with Gasteiger partial charge in [-0.3, -0.25) is 4.79 Å². The molecule has 0 spiro atoms. The van der Waals surface area contributed by atoms with Gasteiger partial charge in [-0.05, 0) is 33.5 Å². The van der Waals surface area contributed by atoms with Crippen LogP contribution in [0.4, 0.5) is 0 Å². The van der Waals surface area contributed by atoms with Gasteiger partial charge in [-0.15, -0.1) is 0 Å². The first kappa shape index (κ1) is 12.2. The molecule has 3 aromatic carbocycles. The Kier molecular flexibility index (Phi) is 2.40. The number of β-lactam (4-membered cyclic amide) rings is 1. The number of hydrogen-bond donors (Lipinski definition) is 0. The summed E-state index contributed by atoms with van der Waals surface area (Å²) in [7, 11) is 0. The monoisotopic (exact) mass is 287 g/mol. The first-order valence-corrected chi connectivity index (χ1v) is 8.01. The van der Waals surface area contributed by atoms with Gasteiger partial charge in [0.2, 0.25) is 5.91 Å². The van der Waals surface area contributed by atoms with Crippen LogP contribution in [0.5, 0.6) is 0 Å². The lowest BCUT2D eigenvalue weighted by Gasteiger charge is -2.33. The van der Waals surface area contributed by atoms with Gasteiger partial charge in [-0.1, -0.05) is 54.6 Å². The maximum absolute atomic E-state index is 11.7. The molecule has 2 aliphatic heterocycles. The Balaban J connectivity index is 1.68. The van der Waals surface area contributed by atoms with E-state index in [1.54, 1.807) is 0 Å². The lowest BCUT2D eigenvalue weighted by atomic mass is 9.89. The molecular weight excluding hydrogens is 270 g/mol. The smallest absolute Gasteiger partial charge is 0.224 e. The molecule has 0 radical (unpaired) electrons. The molecule has 2 saturated heterocycles. The van der Waals surface area contributed by atoms with Crippen LogP contribution in [0.1, 0.15) is 24.3 Å². The Hall–Kier alpha value is -2.35. The normalized spacial score (nSPS) is 23.8. The van der Waals surface area contributed by atoms with E-state index in [4.69, 9.17) is 0 Å². The first-order chi connectivity index (χ1) is 10.8. The minimum atomic E-state index is 0.332. The van der Waals surface area contributed by atoms with Crippen molar-refractivity contribution in [3.05, 3.63) is 60.2 Å². The van der Waals surface area contributed by atoms with E-state index in [1.165, 1.54) is 27.1 Å². The predicted molar refractivity (Wildman–Crippen MR) is 88.9 cm³/mol. The summed E-state index contributed by atoms with van der Waals surface area (Å²) in [6.45, 7) is 0.898. The Labute approximate surface area is 129 Å². The number of hydrogen-bond acceptors (Lipinski definition) is 1. The number of nitrogens with zero attached hydrogens (tertiary/aromatic N) is 1. The van der Waals surface area contributed by atoms with Crippen molar-refractivity contribution in [3.8, 4) is 0 Å². The molecule has 1 unspecified atom stereocenters. The topological polar surface area (TPSA) is 20.3 Å². The molecule has 0 bridgehead atoms. The average molecular weight is 287 g/mol. The van der Waals surface area contributed by atoms with E-state index in [1.807, 2.05) is 0 Å². The quantitative estimate of drug-likeness (QED) is 0.488. The van der Waals surface area contributed by atoms with Gasteiger partial charge in [-0.25, -0.2) is 0 Å². The number of carbonyl (C=O) groups is 1.